The van der Waals surface area contributed by atoms with Crippen molar-refractivity contribution in [3.8, 4) is 5.75 Å². The molecular weight excluding hydrogens is 256 g/mol. The number of aldehydes is 1. The highest BCUT2D eigenvalue weighted by Gasteiger charge is 2.11. The molecule has 0 amide bonds. The van der Waals surface area contributed by atoms with Gasteiger partial charge >= 0.3 is 0 Å². The molecule has 0 fully saturated rings. The number of rotatable bonds is 5. The summed E-state index contributed by atoms with van der Waals surface area (Å²) in [6, 6.07) is 3.89. The van der Waals surface area contributed by atoms with Crippen molar-refractivity contribution in [1.82, 2.24) is 4.98 Å². The molecule has 7 heteroatoms. The lowest BCUT2D eigenvalue weighted by molar-refractivity contribution is -0.384. The van der Waals surface area contributed by atoms with Crippen molar-refractivity contribution in [1.29, 1.82) is 0 Å². The van der Waals surface area contributed by atoms with E-state index in [2.05, 4.69) is 4.98 Å². The maximum absolute atomic E-state index is 10.8. The van der Waals surface area contributed by atoms with Crippen LogP contribution in [0.5, 0.6) is 5.75 Å². The first-order valence-corrected chi connectivity index (χ1v) is 5.83. The fraction of sp³-hybridized carbons (Fsp3) is 0.0909. The van der Waals surface area contributed by atoms with Gasteiger partial charge in [0.15, 0.2) is 6.29 Å². The summed E-state index contributed by atoms with van der Waals surface area (Å²) >= 11 is 1.43. The Balaban J connectivity index is 2.17. The van der Waals surface area contributed by atoms with Crippen LogP contribution in [0, 0.1) is 10.1 Å². The number of nitro benzene ring substituents is 1. The highest BCUT2D eigenvalue weighted by molar-refractivity contribution is 7.09. The molecule has 0 aliphatic rings. The second-order valence-electron chi connectivity index (χ2n) is 3.31. The summed E-state index contributed by atoms with van der Waals surface area (Å²) < 4.78 is 5.40. The number of hydrogen-bond donors (Lipinski definition) is 0. The Hall–Kier alpha value is -2.28. The number of non-ortho nitro benzene ring substituents is 1. The van der Waals surface area contributed by atoms with E-state index in [9.17, 15) is 14.9 Å². The lowest BCUT2D eigenvalue weighted by Gasteiger charge is -2.06. The van der Waals surface area contributed by atoms with Gasteiger partial charge in [-0.05, 0) is 6.07 Å². The van der Waals surface area contributed by atoms with Gasteiger partial charge in [-0.3, -0.25) is 14.9 Å². The van der Waals surface area contributed by atoms with Gasteiger partial charge in [0, 0.05) is 23.7 Å². The third kappa shape index (κ3) is 2.69. The van der Waals surface area contributed by atoms with Crippen LogP contribution >= 0.6 is 11.3 Å². The number of nitrogens with zero attached hydrogens (tertiary/aromatic N) is 2. The normalized spacial score (nSPS) is 10.0. The summed E-state index contributed by atoms with van der Waals surface area (Å²) in [7, 11) is 0. The Morgan fingerprint density at radius 3 is 2.94 bits per heavy atom. The summed E-state index contributed by atoms with van der Waals surface area (Å²) in [6.07, 6.45) is 2.18. The minimum absolute atomic E-state index is 0.140. The Morgan fingerprint density at radius 2 is 2.33 bits per heavy atom. The van der Waals surface area contributed by atoms with Crippen molar-refractivity contribution in [3.05, 3.63) is 50.5 Å². The van der Waals surface area contributed by atoms with E-state index in [1.807, 2.05) is 5.38 Å². The van der Waals surface area contributed by atoms with Gasteiger partial charge in [0.25, 0.3) is 5.69 Å². The Labute approximate surface area is 106 Å². The standard InChI is InChI=1S/C11H8N2O4S/c14-6-8-5-9(13(15)16)1-2-10(8)17-7-11-12-3-4-18-11/h1-6H,7H2. The maximum Gasteiger partial charge on any atom is 0.270 e. The Kier molecular flexibility index (Phi) is 3.63. The topological polar surface area (TPSA) is 82.3 Å². The van der Waals surface area contributed by atoms with E-state index < -0.39 is 4.92 Å². The van der Waals surface area contributed by atoms with Crippen LogP contribution in [0.25, 0.3) is 0 Å². The number of benzene rings is 1. The first kappa shape index (κ1) is 12.2. The molecule has 92 valence electrons. The number of aromatic nitrogens is 1. The fourth-order valence-electron chi connectivity index (χ4n) is 1.34. The van der Waals surface area contributed by atoms with Crippen molar-refractivity contribution in [2.75, 3.05) is 0 Å². The molecule has 0 aliphatic heterocycles. The molecule has 0 N–H and O–H groups in total. The van der Waals surface area contributed by atoms with Crippen LogP contribution < -0.4 is 4.74 Å². The van der Waals surface area contributed by atoms with Crippen molar-refractivity contribution in [3.63, 3.8) is 0 Å². The van der Waals surface area contributed by atoms with Crippen molar-refractivity contribution in [2.45, 2.75) is 6.61 Å². The van der Waals surface area contributed by atoms with Crippen LogP contribution in [0.3, 0.4) is 0 Å². The minimum Gasteiger partial charge on any atom is -0.486 e. The van der Waals surface area contributed by atoms with Crippen LogP contribution in [0.15, 0.2) is 29.8 Å². The molecule has 0 spiro atoms. The first-order valence-electron chi connectivity index (χ1n) is 4.95. The van der Waals surface area contributed by atoms with E-state index in [-0.39, 0.29) is 17.9 Å². The van der Waals surface area contributed by atoms with Crippen molar-refractivity contribution >= 4 is 23.3 Å². The van der Waals surface area contributed by atoms with Crippen LogP contribution in [-0.4, -0.2) is 16.2 Å². The molecule has 6 nitrogen and oxygen atoms in total. The van der Waals surface area contributed by atoms with Gasteiger partial charge in [0.2, 0.25) is 0 Å². The van der Waals surface area contributed by atoms with E-state index in [1.54, 1.807) is 6.20 Å². The molecule has 0 bridgehead atoms. The summed E-state index contributed by atoms with van der Waals surface area (Å²) in [6.45, 7) is 0.232. The third-order valence-electron chi connectivity index (χ3n) is 2.17. The van der Waals surface area contributed by atoms with Crippen LogP contribution in [0.2, 0.25) is 0 Å². The second-order valence-corrected chi connectivity index (χ2v) is 4.29. The number of carbonyl (C=O) groups excluding carboxylic acids is 1. The number of thiazole rings is 1. The molecule has 0 unspecified atom stereocenters. The molecule has 0 saturated carbocycles. The SMILES string of the molecule is O=Cc1cc([N+](=O)[O-])ccc1OCc1nccs1. The van der Waals surface area contributed by atoms with Gasteiger partial charge < -0.3 is 4.74 Å². The quantitative estimate of drug-likeness (QED) is 0.470. The number of nitro groups is 1. The van der Waals surface area contributed by atoms with Gasteiger partial charge in [-0.1, -0.05) is 0 Å². The molecule has 2 aromatic rings. The third-order valence-corrected chi connectivity index (χ3v) is 2.92. The molecule has 18 heavy (non-hydrogen) atoms. The van der Waals surface area contributed by atoms with Crippen LogP contribution in [0.1, 0.15) is 15.4 Å². The molecule has 0 aliphatic carbocycles. The van der Waals surface area contributed by atoms with Crippen molar-refractivity contribution < 1.29 is 14.5 Å². The van der Waals surface area contributed by atoms with Gasteiger partial charge in [0.1, 0.15) is 17.4 Å². The Morgan fingerprint density at radius 1 is 1.50 bits per heavy atom. The first-order chi connectivity index (χ1) is 8.70. The summed E-state index contributed by atoms with van der Waals surface area (Å²) in [5.41, 5.74) is 0.0134. The molecule has 1 heterocycles. The Bertz CT molecular complexity index is 568. The van der Waals surface area contributed by atoms with E-state index in [0.717, 1.165) is 5.01 Å². The zero-order chi connectivity index (χ0) is 13.0. The largest absolute Gasteiger partial charge is 0.486 e. The minimum atomic E-state index is -0.558. The second kappa shape index (κ2) is 5.37. The lowest BCUT2D eigenvalue weighted by atomic mass is 10.2. The van der Waals surface area contributed by atoms with Gasteiger partial charge in [-0.2, -0.15) is 0 Å². The number of carbonyl (C=O) groups is 1. The van der Waals surface area contributed by atoms with Crippen LogP contribution in [-0.2, 0) is 6.61 Å². The molecule has 0 radical (unpaired) electrons. The van der Waals surface area contributed by atoms with E-state index in [4.69, 9.17) is 4.74 Å². The molecule has 1 aromatic carbocycles. The van der Waals surface area contributed by atoms with E-state index in [1.165, 1.54) is 29.5 Å². The zero-order valence-electron chi connectivity index (χ0n) is 9.11. The summed E-state index contributed by atoms with van der Waals surface area (Å²) in [4.78, 5) is 24.9. The summed E-state index contributed by atoms with van der Waals surface area (Å²) in [5.74, 6) is 0.311. The van der Waals surface area contributed by atoms with Gasteiger partial charge in [-0.25, -0.2) is 4.98 Å². The van der Waals surface area contributed by atoms with E-state index >= 15 is 0 Å². The van der Waals surface area contributed by atoms with Crippen molar-refractivity contribution in [2.24, 2.45) is 0 Å². The molecule has 1 aromatic heterocycles. The maximum atomic E-state index is 10.8. The smallest absolute Gasteiger partial charge is 0.270 e. The molecular formula is C11H8N2O4S. The predicted octanol–water partition coefficient (Wildman–Crippen LogP) is 2.44. The number of ether oxygens (including phenoxy) is 1. The van der Waals surface area contributed by atoms with Gasteiger partial charge in [0.05, 0.1) is 10.5 Å². The van der Waals surface area contributed by atoms with Gasteiger partial charge in [-0.15, -0.1) is 11.3 Å². The van der Waals surface area contributed by atoms with E-state index in [0.29, 0.717) is 12.0 Å². The average molecular weight is 264 g/mol. The zero-order valence-corrected chi connectivity index (χ0v) is 9.92. The number of hydrogen-bond acceptors (Lipinski definition) is 6. The molecule has 0 atom stereocenters. The lowest BCUT2D eigenvalue weighted by Crippen LogP contribution is -1.99. The van der Waals surface area contributed by atoms with Crippen LogP contribution in [0.4, 0.5) is 5.69 Å². The molecule has 2 rings (SSSR count). The fourth-order valence-corrected chi connectivity index (χ4v) is 1.86. The average Bonchev–Trinajstić information content (AvgIpc) is 2.89. The molecule has 0 saturated heterocycles. The summed E-state index contributed by atoms with van der Waals surface area (Å²) in [5, 5.41) is 13.1. The monoisotopic (exact) mass is 264 g/mol. The highest BCUT2D eigenvalue weighted by atomic mass is 32.1. The highest BCUT2D eigenvalue weighted by Crippen LogP contribution is 2.23. The predicted molar refractivity (Wildman–Crippen MR) is 64.9 cm³/mol.